The second-order valence-electron chi connectivity index (χ2n) is 4.64. The SMILES string of the molecule is O=C(O)N(Cc1ccccc1)CC(F)NC1CC1Cl. The fraction of sp³-hybridized carbons (Fsp3) is 0.462. The first-order chi connectivity index (χ1) is 9.06. The van der Waals surface area contributed by atoms with Gasteiger partial charge in [-0.05, 0) is 12.0 Å². The number of carboxylic acid groups (broad SMARTS) is 1. The fourth-order valence-corrected chi connectivity index (χ4v) is 2.09. The molecule has 1 fully saturated rings. The van der Waals surface area contributed by atoms with Gasteiger partial charge >= 0.3 is 6.09 Å². The Bertz CT molecular complexity index is 432. The largest absolute Gasteiger partial charge is 0.465 e. The molecule has 2 rings (SSSR count). The maximum absolute atomic E-state index is 13.7. The second-order valence-corrected chi connectivity index (χ2v) is 5.20. The van der Waals surface area contributed by atoms with Crippen molar-refractivity contribution in [2.45, 2.75) is 30.7 Å². The van der Waals surface area contributed by atoms with Crippen molar-refractivity contribution in [2.75, 3.05) is 6.54 Å². The average Bonchev–Trinajstić information content (AvgIpc) is 3.05. The van der Waals surface area contributed by atoms with E-state index in [0.29, 0.717) is 0 Å². The summed E-state index contributed by atoms with van der Waals surface area (Å²) in [7, 11) is 0. The molecule has 1 saturated carbocycles. The lowest BCUT2D eigenvalue weighted by molar-refractivity contribution is 0.117. The van der Waals surface area contributed by atoms with Gasteiger partial charge in [0.2, 0.25) is 0 Å². The minimum atomic E-state index is -1.39. The fourth-order valence-electron chi connectivity index (χ4n) is 1.83. The highest BCUT2D eigenvalue weighted by molar-refractivity contribution is 6.23. The van der Waals surface area contributed by atoms with Crippen LogP contribution in [-0.4, -0.2) is 40.4 Å². The molecule has 3 unspecified atom stereocenters. The Morgan fingerprint density at radius 2 is 2.16 bits per heavy atom. The van der Waals surface area contributed by atoms with Crippen molar-refractivity contribution >= 4 is 17.7 Å². The third-order valence-electron chi connectivity index (χ3n) is 2.97. The zero-order valence-electron chi connectivity index (χ0n) is 10.3. The van der Waals surface area contributed by atoms with Crippen LogP contribution >= 0.6 is 11.6 Å². The molecule has 0 radical (unpaired) electrons. The lowest BCUT2D eigenvalue weighted by atomic mass is 10.2. The maximum atomic E-state index is 13.7. The minimum Gasteiger partial charge on any atom is -0.465 e. The molecule has 4 nitrogen and oxygen atoms in total. The van der Waals surface area contributed by atoms with Gasteiger partial charge in [0, 0.05) is 12.6 Å². The summed E-state index contributed by atoms with van der Waals surface area (Å²) in [5.74, 6) is 0. The number of nitrogens with zero attached hydrogens (tertiary/aromatic N) is 1. The Kier molecular flexibility index (Phi) is 4.61. The summed E-state index contributed by atoms with van der Waals surface area (Å²) in [4.78, 5) is 12.2. The van der Waals surface area contributed by atoms with Gasteiger partial charge in [-0.2, -0.15) is 0 Å². The second kappa shape index (κ2) is 6.21. The number of hydrogen-bond acceptors (Lipinski definition) is 2. The first-order valence-corrected chi connectivity index (χ1v) is 6.56. The highest BCUT2D eigenvalue weighted by Gasteiger charge is 2.37. The van der Waals surface area contributed by atoms with Gasteiger partial charge in [0.15, 0.2) is 6.30 Å². The highest BCUT2D eigenvalue weighted by atomic mass is 35.5. The van der Waals surface area contributed by atoms with E-state index in [1.54, 1.807) is 0 Å². The van der Waals surface area contributed by atoms with Crippen molar-refractivity contribution in [1.29, 1.82) is 0 Å². The summed E-state index contributed by atoms with van der Waals surface area (Å²) in [6.45, 7) is -0.0302. The molecule has 1 aliphatic carbocycles. The Hall–Kier alpha value is -1.33. The normalized spacial score (nSPS) is 22.8. The molecular weight excluding hydrogens is 271 g/mol. The molecule has 104 valence electrons. The van der Waals surface area contributed by atoms with Crippen LogP contribution in [0.25, 0.3) is 0 Å². The summed E-state index contributed by atoms with van der Waals surface area (Å²) < 4.78 is 13.7. The Morgan fingerprint density at radius 3 is 2.68 bits per heavy atom. The van der Waals surface area contributed by atoms with E-state index in [1.165, 1.54) is 0 Å². The molecule has 1 aliphatic rings. The summed E-state index contributed by atoms with van der Waals surface area (Å²) in [5.41, 5.74) is 0.832. The molecule has 0 aromatic heterocycles. The number of rotatable bonds is 6. The zero-order valence-corrected chi connectivity index (χ0v) is 11.1. The maximum Gasteiger partial charge on any atom is 0.407 e. The van der Waals surface area contributed by atoms with Crippen molar-refractivity contribution < 1.29 is 14.3 Å². The van der Waals surface area contributed by atoms with Crippen LogP contribution in [0.1, 0.15) is 12.0 Å². The Balaban J connectivity index is 1.87. The van der Waals surface area contributed by atoms with E-state index in [2.05, 4.69) is 5.32 Å². The quantitative estimate of drug-likeness (QED) is 0.624. The number of benzene rings is 1. The third kappa shape index (κ3) is 4.36. The number of amides is 1. The molecule has 0 aliphatic heterocycles. The van der Waals surface area contributed by atoms with Crippen LogP contribution in [0.3, 0.4) is 0 Å². The smallest absolute Gasteiger partial charge is 0.407 e. The number of halogens is 2. The molecule has 2 N–H and O–H groups in total. The van der Waals surface area contributed by atoms with Gasteiger partial charge in [-0.25, -0.2) is 9.18 Å². The van der Waals surface area contributed by atoms with E-state index < -0.39 is 12.4 Å². The predicted octanol–water partition coefficient (Wildman–Crippen LogP) is 2.43. The lowest BCUT2D eigenvalue weighted by Crippen LogP contribution is -2.41. The summed E-state index contributed by atoms with van der Waals surface area (Å²) in [5, 5.41) is 11.7. The van der Waals surface area contributed by atoms with Crippen LogP contribution in [0.15, 0.2) is 30.3 Å². The summed E-state index contributed by atoms with van der Waals surface area (Å²) in [6.07, 6.45) is -1.80. The highest BCUT2D eigenvalue weighted by Crippen LogP contribution is 2.28. The van der Waals surface area contributed by atoms with Crippen LogP contribution in [0.4, 0.5) is 9.18 Å². The van der Waals surface area contributed by atoms with Crippen LogP contribution in [0.5, 0.6) is 0 Å². The first kappa shape index (κ1) is 14.1. The van der Waals surface area contributed by atoms with E-state index in [9.17, 15) is 9.18 Å². The number of hydrogen-bond donors (Lipinski definition) is 2. The van der Waals surface area contributed by atoms with E-state index in [4.69, 9.17) is 16.7 Å². The van der Waals surface area contributed by atoms with Crippen molar-refractivity contribution in [3.8, 4) is 0 Å². The Morgan fingerprint density at radius 1 is 1.53 bits per heavy atom. The molecule has 6 heteroatoms. The van der Waals surface area contributed by atoms with Gasteiger partial charge in [0.05, 0.1) is 11.9 Å². The summed E-state index contributed by atoms with van der Waals surface area (Å²) >= 11 is 5.77. The molecule has 0 heterocycles. The van der Waals surface area contributed by atoms with Gasteiger partial charge in [-0.15, -0.1) is 11.6 Å². The monoisotopic (exact) mass is 286 g/mol. The van der Waals surface area contributed by atoms with Gasteiger partial charge in [0.25, 0.3) is 0 Å². The standard InChI is InChI=1S/C13H16ClFN2O2/c14-10-6-11(10)16-12(15)8-17(13(18)19)7-9-4-2-1-3-5-9/h1-5,10-12,16H,6-8H2,(H,18,19). The van der Waals surface area contributed by atoms with Gasteiger partial charge in [-0.3, -0.25) is 10.2 Å². The molecule has 1 amide bonds. The average molecular weight is 287 g/mol. The van der Waals surface area contributed by atoms with E-state index in [-0.39, 0.29) is 24.5 Å². The lowest BCUT2D eigenvalue weighted by Gasteiger charge is -2.22. The van der Waals surface area contributed by atoms with Crippen LogP contribution in [0, 0.1) is 0 Å². The number of nitrogens with one attached hydrogen (secondary N) is 1. The number of carbonyl (C=O) groups is 1. The topological polar surface area (TPSA) is 52.6 Å². The van der Waals surface area contributed by atoms with Crippen molar-refractivity contribution in [1.82, 2.24) is 10.2 Å². The third-order valence-corrected chi connectivity index (χ3v) is 3.46. The van der Waals surface area contributed by atoms with Crippen LogP contribution in [-0.2, 0) is 6.54 Å². The predicted molar refractivity (Wildman–Crippen MR) is 71.0 cm³/mol. The number of alkyl halides is 2. The minimum absolute atomic E-state index is 0.0364. The molecular formula is C13H16ClFN2O2. The van der Waals surface area contributed by atoms with Gasteiger partial charge in [0.1, 0.15) is 0 Å². The Labute approximate surface area is 116 Å². The van der Waals surface area contributed by atoms with Gasteiger partial charge < -0.3 is 5.11 Å². The zero-order chi connectivity index (χ0) is 13.8. The first-order valence-electron chi connectivity index (χ1n) is 6.12. The van der Waals surface area contributed by atoms with E-state index in [0.717, 1.165) is 16.9 Å². The van der Waals surface area contributed by atoms with E-state index >= 15 is 0 Å². The molecule has 0 saturated heterocycles. The van der Waals surface area contributed by atoms with Crippen LogP contribution in [0.2, 0.25) is 0 Å². The van der Waals surface area contributed by atoms with E-state index in [1.807, 2.05) is 30.3 Å². The molecule has 0 bridgehead atoms. The molecule has 1 aromatic rings. The van der Waals surface area contributed by atoms with Gasteiger partial charge in [-0.1, -0.05) is 30.3 Å². The summed E-state index contributed by atoms with van der Waals surface area (Å²) in [6, 6.07) is 9.08. The van der Waals surface area contributed by atoms with Crippen molar-refractivity contribution in [3.63, 3.8) is 0 Å². The molecule has 0 spiro atoms. The van der Waals surface area contributed by atoms with Crippen molar-refractivity contribution in [2.24, 2.45) is 0 Å². The molecule has 1 aromatic carbocycles. The molecule has 19 heavy (non-hydrogen) atoms. The van der Waals surface area contributed by atoms with Crippen molar-refractivity contribution in [3.05, 3.63) is 35.9 Å². The van der Waals surface area contributed by atoms with Crippen LogP contribution < -0.4 is 5.32 Å². The molecule has 3 atom stereocenters.